The van der Waals surface area contributed by atoms with E-state index in [0.717, 1.165) is 0 Å². The van der Waals surface area contributed by atoms with Crippen LogP contribution in [0.3, 0.4) is 0 Å². The topological polar surface area (TPSA) is 9.34 Å². The van der Waals surface area contributed by atoms with Crippen LogP contribution in [-0.4, -0.2) is 15.7 Å². The van der Waals surface area contributed by atoms with E-state index in [9.17, 15) is 0 Å². The van der Waals surface area contributed by atoms with Gasteiger partial charge in [0.15, 0.2) is 0 Å². The van der Waals surface area contributed by atoms with E-state index >= 15 is 0 Å². The summed E-state index contributed by atoms with van der Waals surface area (Å²) in [6.07, 6.45) is 0. The number of nitrogens with zero attached hydrogens (tertiary/aromatic N) is 2. The predicted octanol–water partition coefficient (Wildman–Crippen LogP) is 7.94. The second-order valence-corrected chi connectivity index (χ2v) is 13.5. The summed E-state index contributed by atoms with van der Waals surface area (Å²) < 4.78 is 5.17. The molecule has 0 N–H and O–H groups in total. The SMILES string of the molecule is Cc1ccc2c3c1c(C)cc1c3n(c3cc4ccccc4n23)-c2c(ccc3c2-c2ccccc2C3(C)C)B1c1ccccc1. The number of fused-ring (bicyclic) bond motifs is 11. The van der Waals surface area contributed by atoms with Gasteiger partial charge in [0.2, 0.25) is 6.71 Å². The molecule has 44 heavy (non-hydrogen) atoms. The molecule has 2 nitrogen and oxygen atoms in total. The highest BCUT2D eigenvalue weighted by Crippen LogP contribution is 2.51. The third-order valence-corrected chi connectivity index (χ3v) is 10.8. The number of benzene rings is 6. The molecular formula is C41H31BN2. The summed E-state index contributed by atoms with van der Waals surface area (Å²) in [5.41, 5.74) is 18.7. The van der Waals surface area contributed by atoms with E-state index in [0.29, 0.717) is 0 Å². The second-order valence-electron chi connectivity index (χ2n) is 13.5. The molecule has 2 aliphatic rings. The Balaban J connectivity index is 1.54. The van der Waals surface area contributed by atoms with Crippen LogP contribution in [0.25, 0.3) is 55.2 Å². The molecule has 0 saturated carbocycles. The van der Waals surface area contributed by atoms with Gasteiger partial charge in [-0.05, 0) is 76.2 Å². The van der Waals surface area contributed by atoms with Crippen LogP contribution in [0.1, 0.15) is 36.1 Å². The Kier molecular flexibility index (Phi) is 4.51. The van der Waals surface area contributed by atoms with Gasteiger partial charge in [-0.15, -0.1) is 0 Å². The first-order chi connectivity index (χ1) is 21.4. The number of rotatable bonds is 1. The van der Waals surface area contributed by atoms with Crippen molar-refractivity contribution in [2.75, 3.05) is 0 Å². The molecular weight excluding hydrogens is 531 g/mol. The zero-order valence-electron chi connectivity index (χ0n) is 25.4. The van der Waals surface area contributed by atoms with Gasteiger partial charge in [0.1, 0.15) is 5.65 Å². The van der Waals surface area contributed by atoms with Crippen LogP contribution in [-0.2, 0) is 5.41 Å². The largest absolute Gasteiger partial charge is 0.296 e. The average molecular weight is 563 g/mol. The summed E-state index contributed by atoms with van der Waals surface area (Å²) >= 11 is 0. The Hall–Kier alpha value is -5.02. The molecule has 8 aromatic rings. The number of para-hydroxylation sites is 1. The normalized spacial score (nSPS) is 14.5. The molecule has 3 heteroatoms. The number of aryl methyl sites for hydroxylation is 2. The van der Waals surface area contributed by atoms with E-state index in [1.165, 1.54) is 93.8 Å². The number of aromatic nitrogens is 2. The van der Waals surface area contributed by atoms with Crippen LogP contribution >= 0.6 is 0 Å². The van der Waals surface area contributed by atoms with Gasteiger partial charge in [-0.2, -0.15) is 0 Å². The smallest absolute Gasteiger partial charge is 0.246 e. The zero-order valence-corrected chi connectivity index (χ0v) is 25.4. The third kappa shape index (κ3) is 2.79. The van der Waals surface area contributed by atoms with Crippen molar-refractivity contribution >= 4 is 61.5 Å². The Morgan fingerprint density at radius 1 is 0.614 bits per heavy atom. The first kappa shape index (κ1) is 24.4. The summed E-state index contributed by atoms with van der Waals surface area (Å²) in [6.45, 7) is 9.49. The highest BCUT2D eigenvalue weighted by molar-refractivity contribution is 6.98. The van der Waals surface area contributed by atoms with Crippen LogP contribution in [0.5, 0.6) is 0 Å². The molecule has 0 fully saturated rings. The molecule has 2 aromatic heterocycles. The lowest BCUT2D eigenvalue weighted by Crippen LogP contribution is -2.56. The van der Waals surface area contributed by atoms with Gasteiger partial charge in [-0.1, -0.05) is 116 Å². The van der Waals surface area contributed by atoms with Gasteiger partial charge >= 0.3 is 0 Å². The maximum absolute atomic E-state index is 2.65. The van der Waals surface area contributed by atoms with Crippen molar-refractivity contribution in [3.05, 3.63) is 138 Å². The fourth-order valence-corrected chi connectivity index (χ4v) is 8.95. The highest BCUT2D eigenvalue weighted by atomic mass is 15.1. The minimum Gasteiger partial charge on any atom is -0.296 e. The Bertz CT molecular complexity index is 2540. The van der Waals surface area contributed by atoms with Crippen molar-refractivity contribution in [2.24, 2.45) is 0 Å². The zero-order chi connectivity index (χ0) is 29.5. The van der Waals surface area contributed by atoms with Gasteiger partial charge in [-0.3, -0.25) is 8.97 Å². The van der Waals surface area contributed by atoms with Crippen molar-refractivity contribution in [3.63, 3.8) is 0 Å². The van der Waals surface area contributed by atoms with Crippen LogP contribution < -0.4 is 16.4 Å². The molecule has 0 amide bonds. The summed E-state index contributed by atoms with van der Waals surface area (Å²) in [6, 6.07) is 43.6. The van der Waals surface area contributed by atoms with E-state index in [4.69, 9.17) is 0 Å². The minimum absolute atomic E-state index is 0.0803. The lowest BCUT2D eigenvalue weighted by Gasteiger charge is -2.34. The average Bonchev–Trinajstić information content (AvgIpc) is 3.54. The Morgan fingerprint density at radius 3 is 2.25 bits per heavy atom. The van der Waals surface area contributed by atoms with Crippen LogP contribution in [0.15, 0.2) is 115 Å². The third-order valence-electron chi connectivity index (χ3n) is 10.8. The standard InChI is InChI=1S/C41H31BN2/c1-24-18-21-34-38-36(24)25(2)22-32-40(38)44(35-23-26-12-8-11-17-33(26)43(34)35)39-31(42(32)27-13-6-5-7-14-27)20-19-30-37(39)28-15-9-10-16-29(28)41(30,3)4/h5-23H,1-4H3. The van der Waals surface area contributed by atoms with Crippen LogP contribution in [0, 0.1) is 13.8 Å². The summed E-state index contributed by atoms with van der Waals surface area (Å²) in [4.78, 5) is 0. The molecule has 6 aromatic carbocycles. The summed E-state index contributed by atoms with van der Waals surface area (Å²) in [5, 5.41) is 4.00. The number of hydrogen-bond donors (Lipinski definition) is 0. The molecule has 10 rings (SSSR count). The van der Waals surface area contributed by atoms with Crippen LogP contribution in [0.2, 0.25) is 0 Å². The van der Waals surface area contributed by atoms with Gasteiger partial charge in [0.05, 0.1) is 22.2 Å². The first-order valence-corrected chi connectivity index (χ1v) is 15.7. The van der Waals surface area contributed by atoms with E-state index in [1.54, 1.807) is 0 Å². The molecule has 1 aliphatic carbocycles. The van der Waals surface area contributed by atoms with Gasteiger partial charge < -0.3 is 0 Å². The highest BCUT2D eigenvalue weighted by Gasteiger charge is 2.42. The van der Waals surface area contributed by atoms with Crippen molar-refractivity contribution < 1.29 is 0 Å². The quantitative estimate of drug-likeness (QED) is 0.180. The summed E-state index contributed by atoms with van der Waals surface area (Å²) in [7, 11) is 0. The molecule has 1 aliphatic heterocycles. The molecule has 3 heterocycles. The fraction of sp³-hybridized carbons (Fsp3) is 0.122. The molecule has 0 radical (unpaired) electrons. The Morgan fingerprint density at radius 2 is 1.39 bits per heavy atom. The second kappa shape index (κ2) is 8.12. The molecule has 0 bridgehead atoms. The maximum atomic E-state index is 2.65. The molecule has 0 spiro atoms. The van der Waals surface area contributed by atoms with Gasteiger partial charge in [-0.25, -0.2) is 0 Å². The molecule has 208 valence electrons. The van der Waals surface area contributed by atoms with E-state index < -0.39 is 0 Å². The van der Waals surface area contributed by atoms with Crippen LogP contribution in [0.4, 0.5) is 0 Å². The van der Waals surface area contributed by atoms with Crippen molar-refractivity contribution in [1.29, 1.82) is 0 Å². The van der Waals surface area contributed by atoms with Crippen molar-refractivity contribution in [2.45, 2.75) is 33.1 Å². The van der Waals surface area contributed by atoms with E-state index in [-0.39, 0.29) is 12.1 Å². The lowest BCUT2D eigenvalue weighted by atomic mass is 9.35. The molecule has 0 unspecified atom stereocenters. The fourth-order valence-electron chi connectivity index (χ4n) is 8.95. The minimum atomic E-state index is -0.0803. The van der Waals surface area contributed by atoms with Crippen molar-refractivity contribution in [1.82, 2.24) is 8.97 Å². The Labute approximate surface area is 257 Å². The van der Waals surface area contributed by atoms with Crippen molar-refractivity contribution in [3.8, 4) is 16.8 Å². The predicted molar refractivity (Wildman–Crippen MR) is 187 cm³/mol. The van der Waals surface area contributed by atoms with Gasteiger partial charge in [0, 0.05) is 21.8 Å². The van der Waals surface area contributed by atoms with E-state index in [2.05, 4.69) is 152 Å². The maximum Gasteiger partial charge on any atom is 0.246 e. The summed E-state index contributed by atoms with van der Waals surface area (Å²) in [5.74, 6) is 0. The first-order valence-electron chi connectivity index (χ1n) is 15.7. The van der Waals surface area contributed by atoms with Gasteiger partial charge in [0.25, 0.3) is 0 Å². The molecule has 0 saturated heterocycles. The molecule has 0 atom stereocenters. The monoisotopic (exact) mass is 562 g/mol. The lowest BCUT2D eigenvalue weighted by molar-refractivity contribution is 0.660. The van der Waals surface area contributed by atoms with E-state index in [1.807, 2.05) is 0 Å². The number of hydrogen-bond acceptors (Lipinski definition) is 0.